The number of fused-ring (bicyclic) bond motifs is 1. The molecule has 0 fully saturated rings. The Balaban J connectivity index is 1.65. The first kappa shape index (κ1) is 15.3. The summed E-state index contributed by atoms with van der Waals surface area (Å²) >= 11 is 0. The maximum Gasteiger partial charge on any atom is 0.240 e. The molecule has 1 heterocycles. The Bertz CT molecular complexity index is 841. The fourth-order valence-electron chi connectivity index (χ4n) is 2.16. The first-order valence-corrected chi connectivity index (χ1v) is 8.45. The molecular formula is C16H14N2O4S. The van der Waals surface area contributed by atoms with Gasteiger partial charge >= 0.3 is 0 Å². The summed E-state index contributed by atoms with van der Waals surface area (Å²) in [5.74, 6) is 1.25. The first-order valence-electron chi connectivity index (χ1n) is 6.97. The van der Waals surface area contributed by atoms with Crippen molar-refractivity contribution < 1.29 is 17.9 Å². The molecule has 0 bridgehead atoms. The van der Waals surface area contributed by atoms with Gasteiger partial charge in [0, 0.05) is 0 Å². The number of hydrogen-bond donors (Lipinski definition) is 1. The lowest BCUT2D eigenvalue weighted by molar-refractivity contribution is 0.0943. The Hall–Kier alpha value is -2.56. The van der Waals surface area contributed by atoms with E-state index in [9.17, 15) is 8.42 Å². The Morgan fingerprint density at radius 1 is 1.13 bits per heavy atom. The average molecular weight is 330 g/mol. The minimum atomic E-state index is -3.66. The van der Waals surface area contributed by atoms with Crippen molar-refractivity contribution in [2.24, 2.45) is 0 Å². The number of nitrogens with zero attached hydrogens (tertiary/aromatic N) is 1. The lowest BCUT2D eigenvalue weighted by Gasteiger charge is -2.26. The second-order valence-electron chi connectivity index (χ2n) is 4.99. The minimum Gasteiger partial charge on any atom is -0.486 e. The van der Waals surface area contributed by atoms with E-state index in [1.807, 2.05) is 18.2 Å². The molecule has 1 atom stereocenters. The topological polar surface area (TPSA) is 88.4 Å². The van der Waals surface area contributed by atoms with E-state index in [0.29, 0.717) is 17.1 Å². The summed E-state index contributed by atoms with van der Waals surface area (Å²) in [7, 11) is -3.66. The number of hydrogen-bond acceptors (Lipinski definition) is 5. The van der Waals surface area contributed by atoms with Gasteiger partial charge in [-0.3, -0.25) is 0 Å². The lowest BCUT2D eigenvalue weighted by Crippen LogP contribution is -2.40. The second-order valence-corrected chi connectivity index (χ2v) is 6.75. The third-order valence-corrected chi connectivity index (χ3v) is 4.80. The van der Waals surface area contributed by atoms with Gasteiger partial charge in [-0.05, 0) is 36.4 Å². The standard InChI is InChI=1S/C16H14N2O4S/c17-9-12-5-7-14(8-6-12)23(19,20)18-10-13-11-21-15-3-1-2-4-16(15)22-13/h1-8,13,18H,10-11H2. The largest absolute Gasteiger partial charge is 0.486 e. The molecule has 0 spiro atoms. The highest BCUT2D eigenvalue weighted by Gasteiger charge is 2.23. The van der Waals surface area contributed by atoms with Crippen LogP contribution < -0.4 is 14.2 Å². The molecule has 1 aliphatic heterocycles. The quantitative estimate of drug-likeness (QED) is 0.921. The zero-order chi connectivity index (χ0) is 16.3. The van der Waals surface area contributed by atoms with Gasteiger partial charge in [0.25, 0.3) is 0 Å². The van der Waals surface area contributed by atoms with Crippen molar-refractivity contribution in [2.75, 3.05) is 13.2 Å². The van der Waals surface area contributed by atoms with Gasteiger partial charge in [0.1, 0.15) is 12.7 Å². The third kappa shape index (κ3) is 3.44. The summed E-state index contributed by atoms with van der Waals surface area (Å²) in [6.07, 6.45) is -0.405. The van der Waals surface area contributed by atoms with E-state index >= 15 is 0 Å². The van der Waals surface area contributed by atoms with E-state index in [1.54, 1.807) is 12.1 Å². The molecule has 1 N–H and O–H groups in total. The predicted octanol–water partition coefficient (Wildman–Crippen LogP) is 1.68. The number of benzene rings is 2. The van der Waals surface area contributed by atoms with Crippen LogP contribution in [0.2, 0.25) is 0 Å². The van der Waals surface area contributed by atoms with E-state index in [2.05, 4.69) is 4.72 Å². The highest BCUT2D eigenvalue weighted by molar-refractivity contribution is 7.89. The van der Waals surface area contributed by atoms with Crippen LogP contribution in [0.5, 0.6) is 11.5 Å². The van der Waals surface area contributed by atoms with Gasteiger partial charge in [0.2, 0.25) is 10.0 Å². The summed E-state index contributed by atoms with van der Waals surface area (Å²) in [6.45, 7) is 0.365. The van der Waals surface area contributed by atoms with Gasteiger partial charge < -0.3 is 9.47 Å². The second kappa shape index (κ2) is 6.28. The molecule has 6 nitrogen and oxygen atoms in total. The fraction of sp³-hybridized carbons (Fsp3) is 0.188. The van der Waals surface area contributed by atoms with Gasteiger partial charge in [-0.25, -0.2) is 13.1 Å². The molecule has 118 valence electrons. The van der Waals surface area contributed by atoms with Crippen molar-refractivity contribution in [1.29, 1.82) is 5.26 Å². The van der Waals surface area contributed by atoms with Crippen LogP contribution in [0.1, 0.15) is 5.56 Å². The summed E-state index contributed by atoms with van der Waals surface area (Å²) in [5.41, 5.74) is 0.407. The molecular weight excluding hydrogens is 316 g/mol. The molecule has 2 aromatic carbocycles. The Labute approximate surface area is 134 Å². The van der Waals surface area contributed by atoms with Crippen LogP contribution in [0, 0.1) is 11.3 Å². The van der Waals surface area contributed by atoms with Crippen LogP contribution in [0.4, 0.5) is 0 Å². The molecule has 1 unspecified atom stereocenters. The van der Waals surface area contributed by atoms with Crippen LogP contribution in [0.15, 0.2) is 53.4 Å². The number of sulfonamides is 1. The van der Waals surface area contributed by atoms with Gasteiger partial charge in [-0.2, -0.15) is 5.26 Å². The van der Waals surface area contributed by atoms with E-state index in [4.69, 9.17) is 14.7 Å². The summed E-state index contributed by atoms with van der Waals surface area (Å²) in [4.78, 5) is 0.105. The molecule has 0 radical (unpaired) electrons. The van der Waals surface area contributed by atoms with Crippen molar-refractivity contribution in [3.05, 3.63) is 54.1 Å². The molecule has 23 heavy (non-hydrogen) atoms. The van der Waals surface area contributed by atoms with Crippen LogP contribution in [-0.2, 0) is 10.0 Å². The SMILES string of the molecule is N#Cc1ccc(S(=O)(=O)NCC2COc3ccccc3O2)cc1. The van der Waals surface area contributed by atoms with Crippen LogP contribution >= 0.6 is 0 Å². The average Bonchev–Trinajstić information content (AvgIpc) is 2.60. The Kier molecular flexibility index (Phi) is 4.19. The van der Waals surface area contributed by atoms with Gasteiger partial charge in [0.15, 0.2) is 11.5 Å². The zero-order valence-electron chi connectivity index (χ0n) is 12.1. The van der Waals surface area contributed by atoms with E-state index < -0.39 is 16.1 Å². The third-order valence-electron chi connectivity index (χ3n) is 3.36. The molecule has 3 rings (SSSR count). The van der Waals surface area contributed by atoms with Crippen LogP contribution in [-0.4, -0.2) is 27.7 Å². The van der Waals surface area contributed by atoms with Crippen molar-refractivity contribution >= 4 is 10.0 Å². The predicted molar refractivity (Wildman–Crippen MR) is 82.7 cm³/mol. The normalized spacial score (nSPS) is 16.6. The number of nitrogens with one attached hydrogen (secondary N) is 1. The van der Waals surface area contributed by atoms with Crippen LogP contribution in [0.25, 0.3) is 0 Å². The Morgan fingerprint density at radius 2 is 1.83 bits per heavy atom. The molecule has 2 aromatic rings. The molecule has 0 aromatic heterocycles. The van der Waals surface area contributed by atoms with E-state index in [0.717, 1.165) is 0 Å². The van der Waals surface area contributed by atoms with Gasteiger partial charge in [-0.1, -0.05) is 12.1 Å². The molecule has 0 saturated carbocycles. The molecule has 0 saturated heterocycles. The minimum absolute atomic E-state index is 0.0939. The highest BCUT2D eigenvalue weighted by Crippen LogP contribution is 2.30. The molecule has 7 heteroatoms. The van der Waals surface area contributed by atoms with Gasteiger partial charge in [-0.15, -0.1) is 0 Å². The van der Waals surface area contributed by atoms with Crippen molar-refractivity contribution in [2.45, 2.75) is 11.0 Å². The van der Waals surface area contributed by atoms with Crippen molar-refractivity contribution in [3.8, 4) is 17.6 Å². The fourth-order valence-corrected chi connectivity index (χ4v) is 3.22. The summed E-state index contributed by atoms with van der Waals surface area (Å²) in [5, 5.41) is 8.74. The smallest absolute Gasteiger partial charge is 0.240 e. The molecule has 0 amide bonds. The van der Waals surface area contributed by atoms with Gasteiger partial charge in [0.05, 0.1) is 23.1 Å². The monoisotopic (exact) mass is 330 g/mol. The Morgan fingerprint density at radius 3 is 2.52 bits per heavy atom. The zero-order valence-corrected chi connectivity index (χ0v) is 12.9. The van der Waals surface area contributed by atoms with E-state index in [1.165, 1.54) is 24.3 Å². The number of rotatable bonds is 4. The lowest BCUT2D eigenvalue weighted by atomic mass is 10.2. The maximum absolute atomic E-state index is 12.2. The molecule has 0 aliphatic carbocycles. The van der Waals surface area contributed by atoms with Crippen LogP contribution in [0.3, 0.4) is 0 Å². The number of nitriles is 1. The number of para-hydroxylation sites is 2. The maximum atomic E-state index is 12.2. The summed E-state index contributed by atoms with van der Waals surface area (Å²) in [6, 6.07) is 14.9. The highest BCUT2D eigenvalue weighted by atomic mass is 32.2. The van der Waals surface area contributed by atoms with E-state index in [-0.39, 0.29) is 18.0 Å². The number of ether oxygens (including phenoxy) is 2. The first-order chi connectivity index (χ1) is 11.1. The summed E-state index contributed by atoms with van der Waals surface area (Å²) < 4.78 is 38.2. The van der Waals surface area contributed by atoms with Crippen molar-refractivity contribution in [1.82, 2.24) is 4.72 Å². The molecule has 1 aliphatic rings. The van der Waals surface area contributed by atoms with Crippen molar-refractivity contribution in [3.63, 3.8) is 0 Å².